The molecule has 4 aromatic rings. The van der Waals surface area contributed by atoms with Crippen LogP contribution in [0.1, 0.15) is 51.8 Å². The van der Waals surface area contributed by atoms with E-state index in [-0.39, 0.29) is 18.3 Å². The van der Waals surface area contributed by atoms with Crippen LogP contribution in [0, 0.1) is 18.3 Å². The van der Waals surface area contributed by atoms with Gasteiger partial charge in [0.05, 0.1) is 28.0 Å². The molecule has 33 heavy (non-hydrogen) atoms. The molecular formula is C25H24ClN5OS. The Balaban J connectivity index is 0.00000259. The number of nitriles is 1. The Kier molecular flexibility index (Phi) is 6.50. The molecule has 0 atom stereocenters. The Hall–Kier alpha value is -3.21. The lowest BCUT2D eigenvalue weighted by Crippen LogP contribution is -2.13. The number of rotatable bonds is 4. The highest BCUT2D eigenvalue weighted by molar-refractivity contribution is 7.16. The summed E-state index contributed by atoms with van der Waals surface area (Å²) in [5, 5.41) is 18.8. The highest BCUT2D eigenvalue weighted by atomic mass is 35.5. The van der Waals surface area contributed by atoms with Crippen LogP contribution >= 0.6 is 23.7 Å². The summed E-state index contributed by atoms with van der Waals surface area (Å²) in [7, 11) is 0. The van der Waals surface area contributed by atoms with E-state index >= 15 is 0 Å². The fourth-order valence-corrected chi connectivity index (χ4v) is 5.61. The van der Waals surface area contributed by atoms with Crippen molar-refractivity contribution < 1.29 is 4.79 Å². The van der Waals surface area contributed by atoms with Crippen LogP contribution in [0.2, 0.25) is 0 Å². The van der Waals surface area contributed by atoms with Crippen LogP contribution in [0.3, 0.4) is 0 Å². The summed E-state index contributed by atoms with van der Waals surface area (Å²) in [6, 6.07) is 11.8. The van der Waals surface area contributed by atoms with Gasteiger partial charge in [-0.2, -0.15) is 10.4 Å². The van der Waals surface area contributed by atoms with Gasteiger partial charge in [-0.25, -0.2) is 4.98 Å². The number of hydrogen-bond acceptors (Lipinski definition) is 5. The van der Waals surface area contributed by atoms with Crippen LogP contribution in [0.5, 0.6) is 0 Å². The first-order valence-electron chi connectivity index (χ1n) is 10.9. The maximum absolute atomic E-state index is 13.5. The van der Waals surface area contributed by atoms with Gasteiger partial charge in [-0.05, 0) is 57.2 Å². The molecule has 0 saturated heterocycles. The van der Waals surface area contributed by atoms with Crippen molar-refractivity contribution in [2.24, 2.45) is 0 Å². The molecule has 0 radical (unpaired) electrons. The number of hydrogen-bond donors (Lipinski definition) is 1. The Morgan fingerprint density at radius 1 is 1.27 bits per heavy atom. The average molecular weight is 478 g/mol. The topological polar surface area (TPSA) is 83.6 Å². The van der Waals surface area contributed by atoms with Gasteiger partial charge in [0.15, 0.2) is 0 Å². The van der Waals surface area contributed by atoms with Gasteiger partial charge in [0, 0.05) is 28.6 Å². The van der Waals surface area contributed by atoms with Crippen molar-refractivity contribution in [2.75, 3.05) is 5.32 Å². The van der Waals surface area contributed by atoms with E-state index < -0.39 is 0 Å². The van der Waals surface area contributed by atoms with E-state index in [0.29, 0.717) is 16.1 Å². The summed E-state index contributed by atoms with van der Waals surface area (Å²) in [6.07, 6.45) is 6.08. The molecule has 0 unspecified atom stereocenters. The number of aromatic nitrogens is 3. The molecule has 1 N–H and O–H groups in total. The quantitative estimate of drug-likeness (QED) is 0.396. The molecular weight excluding hydrogens is 454 g/mol. The molecule has 3 heterocycles. The van der Waals surface area contributed by atoms with Crippen molar-refractivity contribution in [3.8, 4) is 17.3 Å². The Morgan fingerprint density at radius 3 is 2.82 bits per heavy atom. The molecule has 0 spiro atoms. The first-order chi connectivity index (χ1) is 15.6. The molecule has 1 aromatic carbocycles. The summed E-state index contributed by atoms with van der Waals surface area (Å²) >= 11 is 1.54. The molecule has 0 fully saturated rings. The lowest BCUT2D eigenvalue weighted by molar-refractivity contribution is 0.102. The lowest BCUT2D eigenvalue weighted by atomic mass is 9.96. The van der Waals surface area contributed by atoms with Gasteiger partial charge in [-0.15, -0.1) is 23.7 Å². The van der Waals surface area contributed by atoms with Crippen LogP contribution in [-0.2, 0) is 19.4 Å². The number of fused-ring (bicyclic) bond motifs is 2. The largest absolute Gasteiger partial charge is 0.312 e. The Labute approximate surface area is 202 Å². The van der Waals surface area contributed by atoms with Crippen molar-refractivity contribution in [1.82, 2.24) is 14.8 Å². The normalized spacial score (nSPS) is 12.6. The summed E-state index contributed by atoms with van der Waals surface area (Å²) < 4.78 is 1.87. The second kappa shape index (κ2) is 9.34. The van der Waals surface area contributed by atoms with Crippen LogP contribution in [-0.4, -0.2) is 20.7 Å². The van der Waals surface area contributed by atoms with Gasteiger partial charge < -0.3 is 5.32 Å². The predicted octanol–water partition coefficient (Wildman–Crippen LogP) is 5.91. The van der Waals surface area contributed by atoms with E-state index in [1.54, 1.807) is 11.3 Å². The predicted molar refractivity (Wildman–Crippen MR) is 134 cm³/mol. The molecule has 1 aliphatic carbocycles. The number of aryl methyl sites for hydroxylation is 3. The third-order valence-electron chi connectivity index (χ3n) is 6.02. The van der Waals surface area contributed by atoms with Crippen molar-refractivity contribution in [1.29, 1.82) is 5.26 Å². The van der Waals surface area contributed by atoms with E-state index in [1.807, 2.05) is 55.1 Å². The van der Waals surface area contributed by atoms with Gasteiger partial charge in [0.2, 0.25) is 0 Å². The Bertz CT molecular complexity index is 1400. The number of thiophene rings is 1. The fourth-order valence-electron chi connectivity index (χ4n) is 4.38. The molecule has 1 aliphatic rings. The molecule has 3 aromatic heterocycles. The first-order valence-corrected chi connectivity index (χ1v) is 11.7. The number of nitrogens with one attached hydrogen (secondary N) is 1. The number of anilines is 1. The Morgan fingerprint density at radius 2 is 2.06 bits per heavy atom. The van der Waals surface area contributed by atoms with E-state index in [4.69, 9.17) is 4.98 Å². The second-order valence-electron chi connectivity index (χ2n) is 8.04. The molecule has 168 valence electrons. The van der Waals surface area contributed by atoms with E-state index in [9.17, 15) is 10.1 Å². The van der Waals surface area contributed by atoms with Crippen molar-refractivity contribution >= 4 is 45.6 Å². The zero-order chi connectivity index (χ0) is 22.2. The van der Waals surface area contributed by atoms with Crippen LogP contribution < -0.4 is 5.32 Å². The molecule has 8 heteroatoms. The van der Waals surface area contributed by atoms with Crippen molar-refractivity contribution in [3.63, 3.8) is 0 Å². The van der Waals surface area contributed by atoms with Crippen LogP contribution in [0.15, 0.2) is 36.5 Å². The van der Waals surface area contributed by atoms with Crippen molar-refractivity contribution in [2.45, 2.75) is 46.1 Å². The first kappa shape index (κ1) is 23.0. The number of benzene rings is 1. The summed E-state index contributed by atoms with van der Waals surface area (Å²) in [6.45, 7) is 4.76. The number of carbonyl (C=O) groups is 1. The molecule has 1 amide bonds. The summed E-state index contributed by atoms with van der Waals surface area (Å²) in [4.78, 5) is 19.5. The number of nitrogens with zero attached hydrogens (tertiary/aromatic N) is 4. The van der Waals surface area contributed by atoms with Gasteiger partial charge in [-0.3, -0.25) is 9.48 Å². The third kappa shape index (κ3) is 4.12. The maximum atomic E-state index is 13.5. The smallest absolute Gasteiger partial charge is 0.257 e. The third-order valence-corrected chi connectivity index (χ3v) is 7.22. The summed E-state index contributed by atoms with van der Waals surface area (Å²) in [5.74, 6) is -0.222. The SMILES string of the molecule is CCn1cc(-c2cc(C(=O)Nc3sc4c(c3C#N)CCCC4)c3ccccc3n2)c(C)n1.Cl. The number of pyridine rings is 1. The van der Waals surface area contributed by atoms with Gasteiger partial charge in [0.1, 0.15) is 11.1 Å². The molecule has 6 nitrogen and oxygen atoms in total. The lowest BCUT2D eigenvalue weighted by Gasteiger charge is -2.10. The van der Waals surface area contributed by atoms with E-state index in [1.165, 1.54) is 4.88 Å². The average Bonchev–Trinajstić information content (AvgIpc) is 3.37. The number of halogens is 1. The van der Waals surface area contributed by atoms with Crippen molar-refractivity contribution in [3.05, 3.63) is 63.8 Å². The minimum Gasteiger partial charge on any atom is -0.312 e. The number of amides is 1. The van der Waals surface area contributed by atoms with E-state index in [2.05, 4.69) is 16.5 Å². The van der Waals surface area contributed by atoms with Crippen LogP contribution in [0.25, 0.3) is 22.2 Å². The molecule has 0 bridgehead atoms. The summed E-state index contributed by atoms with van der Waals surface area (Å²) in [5.41, 5.74) is 5.54. The van der Waals surface area contributed by atoms with Gasteiger partial charge in [0.25, 0.3) is 5.91 Å². The zero-order valence-corrected chi connectivity index (χ0v) is 20.1. The minimum absolute atomic E-state index is 0. The second-order valence-corrected chi connectivity index (χ2v) is 9.14. The molecule has 0 aliphatic heterocycles. The van der Waals surface area contributed by atoms with Gasteiger partial charge >= 0.3 is 0 Å². The monoisotopic (exact) mass is 477 g/mol. The maximum Gasteiger partial charge on any atom is 0.257 e. The molecule has 5 rings (SSSR count). The zero-order valence-electron chi connectivity index (χ0n) is 18.5. The number of para-hydroxylation sites is 1. The minimum atomic E-state index is -0.222. The fraction of sp³-hybridized carbons (Fsp3) is 0.280. The molecule has 0 saturated carbocycles. The highest BCUT2D eigenvalue weighted by Gasteiger charge is 2.23. The van der Waals surface area contributed by atoms with Crippen LogP contribution in [0.4, 0.5) is 5.00 Å². The van der Waals surface area contributed by atoms with E-state index in [0.717, 1.165) is 65.6 Å². The highest BCUT2D eigenvalue weighted by Crippen LogP contribution is 2.38. The number of carbonyl (C=O) groups excluding carboxylic acids is 1. The standard InChI is InChI=1S/C25H23N5OS.ClH/c1-3-30-14-20(15(2)29-30)22-12-18(16-8-4-6-10-21(16)27-22)24(31)28-25-19(13-26)17-9-5-7-11-23(17)32-25;/h4,6,8,10,12,14H,3,5,7,9,11H2,1-2H3,(H,28,31);1H. The van der Waals surface area contributed by atoms with Gasteiger partial charge in [-0.1, -0.05) is 18.2 Å².